The predicted octanol–water partition coefficient (Wildman–Crippen LogP) is 16.2. The monoisotopic (exact) mass is 743 g/mol. The minimum absolute atomic E-state index is 0.862. The van der Waals surface area contributed by atoms with Gasteiger partial charge >= 0.3 is 0 Å². The van der Waals surface area contributed by atoms with Crippen LogP contribution in [0.15, 0.2) is 205 Å². The highest BCUT2D eigenvalue weighted by atomic mass is 32.1. The number of nitrogens with zero attached hydrogens (tertiary/aromatic N) is 1. The lowest BCUT2D eigenvalue weighted by Gasteiger charge is -2.27. The van der Waals surface area contributed by atoms with Crippen molar-refractivity contribution in [2.45, 2.75) is 0 Å². The van der Waals surface area contributed by atoms with Gasteiger partial charge in [-0.1, -0.05) is 158 Å². The molecule has 266 valence electrons. The van der Waals surface area contributed by atoms with E-state index in [9.17, 15) is 0 Å². The molecule has 0 fully saturated rings. The topological polar surface area (TPSA) is 16.4 Å². The Hall–Kier alpha value is -7.20. The molecule has 0 radical (unpaired) electrons. The van der Waals surface area contributed by atoms with Crippen LogP contribution in [0.25, 0.3) is 96.7 Å². The molecular weight excluding hydrogens is 711 g/mol. The highest BCUT2D eigenvalue weighted by molar-refractivity contribution is 7.26. The lowest BCUT2D eigenvalue weighted by Crippen LogP contribution is -2.10. The molecule has 0 amide bonds. The number of hydrogen-bond donors (Lipinski definition) is 0. The van der Waals surface area contributed by atoms with E-state index in [1.165, 1.54) is 63.6 Å². The number of hydrogen-bond acceptors (Lipinski definition) is 3. The van der Waals surface area contributed by atoms with Crippen molar-refractivity contribution >= 4 is 103 Å². The zero-order chi connectivity index (χ0) is 37.5. The molecule has 0 spiro atoms. The molecule has 2 nitrogen and oxygen atoms in total. The molecule has 0 atom stereocenters. The van der Waals surface area contributed by atoms with Crippen molar-refractivity contribution < 1.29 is 4.42 Å². The van der Waals surface area contributed by atoms with Crippen LogP contribution in [0.2, 0.25) is 0 Å². The fourth-order valence-electron chi connectivity index (χ4n) is 9.01. The first-order valence-corrected chi connectivity index (χ1v) is 20.2. The van der Waals surface area contributed by atoms with E-state index >= 15 is 0 Å². The standard InChI is InChI=1S/C54H33NOS/c1-2-12-35(13-3-1)43-20-11-22-46-45-29-27-39(33-50(45)56-53(43)46)55(38-26-28-42-37(32-38)25-24-36-15-5-6-17-40(36)42)49-31-30-47(44-21-10-16-34-14-4-7-18-41(34)44)54-52(49)48-19-8-9-23-51(48)57-54/h1-33H. The molecule has 12 rings (SSSR count). The summed E-state index contributed by atoms with van der Waals surface area (Å²) in [6.07, 6.45) is 0. The Morgan fingerprint density at radius 3 is 1.89 bits per heavy atom. The SMILES string of the molecule is c1ccc(-c2cccc3c2oc2cc(N(c4ccc5c(ccc6ccccc65)c4)c4ccc(-c5cccc6ccccc56)c5sc6ccccc6c45)ccc23)cc1. The maximum atomic E-state index is 6.85. The molecule has 2 heterocycles. The number of rotatable bonds is 5. The van der Waals surface area contributed by atoms with Crippen molar-refractivity contribution in [3.8, 4) is 22.3 Å². The lowest BCUT2D eigenvalue weighted by atomic mass is 9.95. The summed E-state index contributed by atoms with van der Waals surface area (Å²) in [4.78, 5) is 2.44. The fourth-order valence-corrected chi connectivity index (χ4v) is 10.3. The van der Waals surface area contributed by atoms with Crippen molar-refractivity contribution in [1.82, 2.24) is 0 Å². The largest absolute Gasteiger partial charge is 0.455 e. The summed E-state index contributed by atoms with van der Waals surface area (Å²) in [5.74, 6) is 0. The van der Waals surface area contributed by atoms with E-state index in [0.717, 1.165) is 50.1 Å². The third-order valence-electron chi connectivity index (χ3n) is 11.6. The van der Waals surface area contributed by atoms with Gasteiger partial charge in [-0.2, -0.15) is 0 Å². The maximum absolute atomic E-state index is 6.85. The Morgan fingerprint density at radius 1 is 0.386 bits per heavy atom. The first kappa shape index (κ1) is 32.1. The van der Waals surface area contributed by atoms with Gasteiger partial charge in [0.1, 0.15) is 11.2 Å². The minimum atomic E-state index is 0.862. The van der Waals surface area contributed by atoms with Crippen molar-refractivity contribution in [2.75, 3.05) is 4.90 Å². The highest BCUT2D eigenvalue weighted by Gasteiger charge is 2.23. The molecule has 0 saturated heterocycles. The maximum Gasteiger partial charge on any atom is 0.143 e. The van der Waals surface area contributed by atoms with E-state index in [4.69, 9.17) is 4.42 Å². The molecule has 0 aliphatic rings. The van der Waals surface area contributed by atoms with Crippen LogP contribution in [-0.2, 0) is 0 Å². The van der Waals surface area contributed by atoms with Gasteiger partial charge in [0.15, 0.2) is 0 Å². The fraction of sp³-hybridized carbons (Fsp3) is 0. The molecule has 3 heteroatoms. The Kier molecular flexibility index (Phi) is 7.13. The number of benzene rings is 10. The van der Waals surface area contributed by atoms with Crippen LogP contribution in [0.5, 0.6) is 0 Å². The Bertz CT molecular complexity index is 3530. The molecule has 10 aromatic carbocycles. The molecule has 0 aliphatic carbocycles. The van der Waals surface area contributed by atoms with E-state index < -0.39 is 0 Å². The van der Waals surface area contributed by atoms with Crippen LogP contribution >= 0.6 is 11.3 Å². The van der Waals surface area contributed by atoms with Gasteiger partial charge < -0.3 is 9.32 Å². The smallest absolute Gasteiger partial charge is 0.143 e. The predicted molar refractivity (Wildman–Crippen MR) is 245 cm³/mol. The van der Waals surface area contributed by atoms with Gasteiger partial charge in [-0.25, -0.2) is 0 Å². The van der Waals surface area contributed by atoms with Gasteiger partial charge in [0.25, 0.3) is 0 Å². The van der Waals surface area contributed by atoms with E-state index in [-0.39, 0.29) is 0 Å². The van der Waals surface area contributed by atoms with Crippen molar-refractivity contribution in [2.24, 2.45) is 0 Å². The third-order valence-corrected chi connectivity index (χ3v) is 12.8. The molecule has 12 aromatic rings. The summed E-state index contributed by atoms with van der Waals surface area (Å²) in [5, 5.41) is 12.2. The summed E-state index contributed by atoms with van der Waals surface area (Å²) in [5.41, 5.74) is 9.77. The number of fused-ring (bicyclic) bond motifs is 10. The van der Waals surface area contributed by atoms with Crippen molar-refractivity contribution in [1.29, 1.82) is 0 Å². The Labute approximate surface area is 333 Å². The van der Waals surface area contributed by atoms with Crippen LogP contribution < -0.4 is 4.90 Å². The lowest BCUT2D eigenvalue weighted by molar-refractivity contribution is 0.670. The number of para-hydroxylation sites is 1. The second-order valence-electron chi connectivity index (χ2n) is 14.8. The molecule has 57 heavy (non-hydrogen) atoms. The molecule has 0 bridgehead atoms. The van der Waals surface area contributed by atoms with Gasteiger partial charge in [-0.3, -0.25) is 0 Å². The summed E-state index contributed by atoms with van der Waals surface area (Å²) in [6, 6.07) is 72.7. The second-order valence-corrected chi connectivity index (χ2v) is 15.9. The molecule has 0 unspecified atom stereocenters. The Balaban J connectivity index is 1.14. The van der Waals surface area contributed by atoms with Crippen LogP contribution in [0.3, 0.4) is 0 Å². The molecule has 0 saturated carbocycles. The average molecular weight is 744 g/mol. The second kappa shape index (κ2) is 12.7. The van der Waals surface area contributed by atoms with Crippen LogP contribution in [-0.4, -0.2) is 0 Å². The van der Waals surface area contributed by atoms with E-state index in [0.29, 0.717) is 0 Å². The van der Waals surface area contributed by atoms with E-state index in [1.54, 1.807) is 0 Å². The third kappa shape index (κ3) is 5.03. The number of anilines is 3. The van der Waals surface area contributed by atoms with Crippen LogP contribution in [0.1, 0.15) is 0 Å². The van der Waals surface area contributed by atoms with Gasteiger partial charge in [0.05, 0.1) is 5.69 Å². The Morgan fingerprint density at radius 2 is 1.02 bits per heavy atom. The number of thiophene rings is 1. The van der Waals surface area contributed by atoms with Gasteiger partial charge in [0, 0.05) is 59.5 Å². The van der Waals surface area contributed by atoms with Crippen molar-refractivity contribution in [3.05, 3.63) is 200 Å². The average Bonchev–Trinajstić information content (AvgIpc) is 3.86. The normalized spacial score (nSPS) is 11.9. The minimum Gasteiger partial charge on any atom is -0.455 e. The number of furan rings is 1. The van der Waals surface area contributed by atoms with Gasteiger partial charge in [0.2, 0.25) is 0 Å². The summed E-state index contributed by atoms with van der Waals surface area (Å²) >= 11 is 1.88. The molecule has 0 aliphatic heterocycles. The van der Waals surface area contributed by atoms with Gasteiger partial charge in [-0.15, -0.1) is 11.3 Å². The first-order valence-electron chi connectivity index (χ1n) is 19.4. The van der Waals surface area contributed by atoms with Crippen LogP contribution in [0, 0.1) is 0 Å². The molecule has 0 N–H and O–H groups in total. The highest BCUT2D eigenvalue weighted by Crippen LogP contribution is 2.50. The zero-order valence-electron chi connectivity index (χ0n) is 30.8. The summed E-state index contributed by atoms with van der Waals surface area (Å²) in [7, 11) is 0. The van der Waals surface area contributed by atoms with Crippen LogP contribution in [0.4, 0.5) is 17.1 Å². The summed E-state index contributed by atoms with van der Waals surface area (Å²) in [6.45, 7) is 0. The molecule has 2 aromatic heterocycles. The van der Waals surface area contributed by atoms with Crippen molar-refractivity contribution in [3.63, 3.8) is 0 Å². The quantitative estimate of drug-likeness (QED) is 0.163. The molecular formula is C54H33NOS. The summed E-state index contributed by atoms with van der Waals surface area (Å²) < 4.78 is 9.40. The van der Waals surface area contributed by atoms with E-state index in [1.807, 2.05) is 11.3 Å². The zero-order valence-corrected chi connectivity index (χ0v) is 31.6. The van der Waals surface area contributed by atoms with Gasteiger partial charge in [-0.05, 0) is 79.8 Å². The first-order chi connectivity index (χ1) is 28.3. The van der Waals surface area contributed by atoms with E-state index in [2.05, 4.69) is 205 Å².